The van der Waals surface area contributed by atoms with Crippen LogP contribution in [0.1, 0.15) is 25.3 Å². The van der Waals surface area contributed by atoms with Crippen LogP contribution in [0.2, 0.25) is 0 Å². The molecule has 0 atom stereocenters. The first-order valence-corrected chi connectivity index (χ1v) is 12.2. The second kappa shape index (κ2) is 10.4. The number of sulfonamides is 1. The number of carboxylic acids is 1. The van der Waals surface area contributed by atoms with Gasteiger partial charge in [0.2, 0.25) is 10.0 Å². The molecule has 0 unspecified atom stereocenters. The number of carbonyl (C=O) groups is 1. The van der Waals surface area contributed by atoms with Crippen molar-refractivity contribution in [3.63, 3.8) is 0 Å². The second-order valence-corrected chi connectivity index (χ2v) is 10.3. The summed E-state index contributed by atoms with van der Waals surface area (Å²) in [5, 5.41) is 7.12. The quantitative estimate of drug-likeness (QED) is 0.682. The first-order chi connectivity index (χ1) is 16.0. The fourth-order valence-electron chi connectivity index (χ4n) is 4.07. The number of hydrogen-bond donors (Lipinski definition) is 1. The summed E-state index contributed by atoms with van der Waals surface area (Å²) in [6, 6.07) is 8.96. The summed E-state index contributed by atoms with van der Waals surface area (Å²) < 4.78 is 70.8. The van der Waals surface area contributed by atoms with Gasteiger partial charge in [0.1, 0.15) is 10.6 Å². The van der Waals surface area contributed by atoms with Crippen LogP contribution >= 0.6 is 0 Å². The lowest BCUT2D eigenvalue weighted by atomic mass is 9.78. The van der Waals surface area contributed by atoms with E-state index in [4.69, 9.17) is 19.1 Å². The molecule has 2 aromatic rings. The fraction of sp³-hybridized carbons (Fsp3) is 0.500. The van der Waals surface area contributed by atoms with E-state index in [-0.39, 0.29) is 10.3 Å². The molecule has 0 aliphatic carbocycles. The predicted octanol–water partition coefficient (Wildman–Crippen LogP) is 3.60. The Labute approximate surface area is 196 Å². The zero-order chi connectivity index (χ0) is 25.0. The number of fused-ring (bicyclic) bond motifs is 1. The number of aliphatic carboxylic acids is 1. The van der Waals surface area contributed by atoms with Crippen molar-refractivity contribution in [3.05, 3.63) is 48.4 Å². The summed E-state index contributed by atoms with van der Waals surface area (Å²) in [4.78, 5) is 11.6. The third kappa shape index (κ3) is 6.10. The van der Waals surface area contributed by atoms with Crippen LogP contribution in [0.15, 0.2) is 52.2 Å². The van der Waals surface area contributed by atoms with Crippen molar-refractivity contribution in [1.29, 1.82) is 0 Å². The minimum absolute atomic E-state index is 0.149. The second-order valence-electron chi connectivity index (χ2n) is 8.38. The number of furan rings is 1. The van der Waals surface area contributed by atoms with Gasteiger partial charge in [0.15, 0.2) is 0 Å². The van der Waals surface area contributed by atoms with E-state index < -0.39 is 22.2 Å². The molecule has 2 aliphatic heterocycles. The molecule has 1 fully saturated rings. The Morgan fingerprint density at radius 1 is 1.18 bits per heavy atom. The molecule has 0 saturated carbocycles. The topological polar surface area (TPSA) is 100 Å². The fourth-order valence-corrected chi connectivity index (χ4v) is 5.76. The zero-order valence-corrected chi connectivity index (χ0v) is 19.4. The number of para-hydroxylation sites is 1. The number of likely N-dealkylation sites (tertiary alicyclic amines) is 1. The number of ether oxygens (including phenoxy) is 1. The lowest BCUT2D eigenvalue weighted by Gasteiger charge is -2.44. The largest absolute Gasteiger partial charge is 0.492 e. The van der Waals surface area contributed by atoms with E-state index in [9.17, 15) is 21.6 Å². The molecule has 1 saturated heterocycles. The molecule has 34 heavy (non-hydrogen) atoms. The van der Waals surface area contributed by atoms with Gasteiger partial charge < -0.3 is 14.3 Å². The Bertz CT molecular complexity index is 1060. The summed E-state index contributed by atoms with van der Waals surface area (Å²) >= 11 is 0. The van der Waals surface area contributed by atoms with Crippen LogP contribution in [0, 0.1) is 5.41 Å². The third-order valence-electron chi connectivity index (χ3n) is 6.01. The van der Waals surface area contributed by atoms with Crippen LogP contribution in [0.25, 0.3) is 0 Å². The van der Waals surface area contributed by atoms with Gasteiger partial charge in [-0.25, -0.2) is 13.2 Å². The molecule has 1 aromatic heterocycles. The number of halogens is 3. The Balaban J connectivity index is 0.000000406. The van der Waals surface area contributed by atoms with Crippen molar-refractivity contribution >= 4 is 16.0 Å². The lowest BCUT2D eigenvalue weighted by molar-refractivity contribution is -0.192. The highest BCUT2D eigenvalue weighted by Crippen LogP contribution is 2.39. The van der Waals surface area contributed by atoms with Crippen molar-refractivity contribution in [3.8, 4) is 5.75 Å². The highest BCUT2D eigenvalue weighted by molar-refractivity contribution is 7.89. The number of alkyl halides is 3. The smallest absolute Gasteiger partial charge is 0.490 e. The molecule has 4 rings (SSSR count). The van der Waals surface area contributed by atoms with Crippen LogP contribution in [0.5, 0.6) is 5.75 Å². The minimum atomic E-state index is -5.08. The predicted molar refractivity (Wildman–Crippen MR) is 116 cm³/mol. The molecular weight excluding hydrogens is 477 g/mol. The monoisotopic (exact) mass is 504 g/mol. The summed E-state index contributed by atoms with van der Waals surface area (Å²) in [5.41, 5.74) is 1.02. The molecule has 1 N–H and O–H groups in total. The van der Waals surface area contributed by atoms with Crippen molar-refractivity contribution < 1.29 is 40.6 Å². The van der Waals surface area contributed by atoms with Gasteiger partial charge in [0, 0.05) is 30.6 Å². The Kier molecular flexibility index (Phi) is 7.94. The van der Waals surface area contributed by atoms with Crippen molar-refractivity contribution in [2.45, 2.75) is 37.4 Å². The van der Waals surface area contributed by atoms with Crippen LogP contribution in [0.3, 0.4) is 0 Å². The number of carboxylic acid groups (broad SMARTS) is 1. The first kappa shape index (κ1) is 26.0. The third-order valence-corrected chi connectivity index (χ3v) is 7.97. The maximum Gasteiger partial charge on any atom is 0.490 e. The molecule has 2 aliphatic rings. The first-order valence-electron chi connectivity index (χ1n) is 10.7. The van der Waals surface area contributed by atoms with Gasteiger partial charge in [0.05, 0.1) is 19.1 Å². The zero-order valence-electron chi connectivity index (χ0n) is 18.6. The van der Waals surface area contributed by atoms with E-state index in [1.165, 1.54) is 5.56 Å². The van der Waals surface area contributed by atoms with Crippen LogP contribution in [-0.2, 0) is 21.4 Å². The van der Waals surface area contributed by atoms with Crippen molar-refractivity contribution in [2.75, 3.05) is 32.8 Å². The average molecular weight is 505 g/mol. The molecule has 0 radical (unpaired) electrons. The van der Waals surface area contributed by atoms with Gasteiger partial charge in [-0.05, 0) is 44.1 Å². The van der Waals surface area contributed by atoms with E-state index in [1.54, 1.807) is 35.0 Å². The molecule has 1 aromatic carbocycles. The molecule has 12 heteroatoms. The summed E-state index contributed by atoms with van der Waals surface area (Å²) in [7, 11) is -3.54. The minimum Gasteiger partial charge on any atom is -0.492 e. The SMILES string of the molecule is CCN1CC2(CCN(Cc3ccoc3)CC2)COc2ccccc2S1(=O)=O.O=C(O)C(F)(F)F. The van der Waals surface area contributed by atoms with E-state index >= 15 is 0 Å². The molecule has 3 heterocycles. The van der Waals surface area contributed by atoms with Crippen molar-refractivity contribution in [2.24, 2.45) is 5.41 Å². The van der Waals surface area contributed by atoms with E-state index in [1.807, 2.05) is 19.1 Å². The van der Waals surface area contributed by atoms with E-state index in [2.05, 4.69) is 4.90 Å². The Morgan fingerprint density at radius 2 is 1.82 bits per heavy atom. The maximum absolute atomic E-state index is 13.1. The summed E-state index contributed by atoms with van der Waals surface area (Å²) in [6.07, 6.45) is 0.231. The van der Waals surface area contributed by atoms with E-state index in [0.29, 0.717) is 25.4 Å². The summed E-state index contributed by atoms with van der Waals surface area (Å²) in [6.45, 7) is 6.16. The molecular formula is C22H27F3N2O6S. The van der Waals surface area contributed by atoms with Crippen LogP contribution in [0.4, 0.5) is 13.2 Å². The highest BCUT2D eigenvalue weighted by Gasteiger charge is 2.42. The number of piperidine rings is 1. The maximum atomic E-state index is 13.1. The number of hydrogen-bond acceptors (Lipinski definition) is 6. The molecule has 188 valence electrons. The molecule has 8 nitrogen and oxygen atoms in total. The number of rotatable bonds is 3. The van der Waals surface area contributed by atoms with Gasteiger partial charge in [-0.1, -0.05) is 19.1 Å². The Hall–Kier alpha value is -2.57. The van der Waals surface area contributed by atoms with Gasteiger partial charge >= 0.3 is 12.1 Å². The molecule has 0 bridgehead atoms. The standard InChI is InChI=1S/C20H26N2O4S.C2HF3O2/c1-2-22-15-20(8-10-21(11-9-20)13-17-7-12-25-14-17)16-26-18-5-3-4-6-19(18)27(22,23)24;3-2(4,5)1(6)7/h3-7,12,14H,2,8-11,13,15-16H2,1H3;(H,6,7). The number of nitrogens with zero attached hydrogens (tertiary/aromatic N) is 2. The molecule has 1 spiro atoms. The van der Waals surface area contributed by atoms with Gasteiger partial charge in [0.25, 0.3) is 0 Å². The van der Waals surface area contributed by atoms with E-state index in [0.717, 1.165) is 32.5 Å². The average Bonchev–Trinajstić information content (AvgIpc) is 3.30. The lowest BCUT2D eigenvalue weighted by Crippen LogP contribution is -2.51. The van der Waals surface area contributed by atoms with Crippen LogP contribution in [-0.4, -0.2) is 67.7 Å². The van der Waals surface area contributed by atoms with Gasteiger partial charge in [-0.15, -0.1) is 0 Å². The van der Waals surface area contributed by atoms with Crippen molar-refractivity contribution in [1.82, 2.24) is 9.21 Å². The normalized spacial score (nSPS) is 20.2. The number of benzene rings is 1. The Morgan fingerprint density at radius 3 is 2.38 bits per heavy atom. The highest BCUT2D eigenvalue weighted by atomic mass is 32.2. The summed E-state index contributed by atoms with van der Waals surface area (Å²) in [5.74, 6) is -2.29. The van der Waals surface area contributed by atoms with Gasteiger partial charge in [-0.3, -0.25) is 4.90 Å². The molecule has 0 amide bonds. The van der Waals surface area contributed by atoms with Gasteiger partial charge in [-0.2, -0.15) is 17.5 Å². The van der Waals surface area contributed by atoms with Crippen LogP contribution < -0.4 is 4.74 Å².